The first-order chi connectivity index (χ1) is 14.8. The van der Waals surface area contributed by atoms with Crippen LogP contribution in [0.15, 0.2) is 30.3 Å². The van der Waals surface area contributed by atoms with E-state index in [1.54, 1.807) is 14.0 Å². The topological polar surface area (TPSA) is 35.5 Å². The molecule has 0 saturated heterocycles. The first kappa shape index (κ1) is 21.1. The molecule has 7 atom stereocenters. The van der Waals surface area contributed by atoms with Gasteiger partial charge in [-0.15, -0.1) is 0 Å². The zero-order valence-electron chi connectivity index (χ0n) is 19.7. The van der Waals surface area contributed by atoms with E-state index in [2.05, 4.69) is 44.2 Å². The van der Waals surface area contributed by atoms with E-state index in [0.29, 0.717) is 5.41 Å². The van der Waals surface area contributed by atoms with Gasteiger partial charge in [0, 0.05) is 12.3 Å². The Morgan fingerprint density at radius 2 is 1.71 bits per heavy atom. The number of rotatable bonds is 3. The van der Waals surface area contributed by atoms with E-state index in [1.807, 2.05) is 0 Å². The van der Waals surface area contributed by atoms with E-state index in [-0.39, 0.29) is 17.5 Å². The molecule has 168 valence electrons. The van der Waals surface area contributed by atoms with Crippen LogP contribution in [0.5, 0.6) is 5.75 Å². The number of carbonyl (C=O) groups is 1. The molecule has 3 saturated carbocycles. The van der Waals surface area contributed by atoms with Crippen molar-refractivity contribution in [1.82, 2.24) is 0 Å². The Balaban J connectivity index is 1.36. The smallest absolute Gasteiger partial charge is 0.302 e. The lowest BCUT2D eigenvalue weighted by atomic mass is 9.45. The molecule has 1 aromatic rings. The van der Waals surface area contributed by atoms with Crippen LogP contribution in [-0.2, 0) is 9.53 Å². The molecule has 0 spiro atoms. The maximum atomic E-state index is 11.7. The molecule has 0 radical (unpaired) electrons. The Kier molecular flexibility index (Phi) is 5.22. The van der Waals surface area contributed by atoms with Crippen molar-refractivity contribution in [1.29, 1.82) is 0 Å². The number of ether oxygens (including phenoxy) is 2. The minimum Gasteiger partial charge on any atom is -0.497 e. The third-order valence-corrected chi connectivity index (χ3v) is 10.0. The Morgan fingerprint density at radius 1 is 0.968 bits per heavy atom. The minimum absolute atomic E-state index is 0.104. The van der Waals surface area contributed by atoms with Crippen LogP contribution >= 0.6 is 0 Å². The summed E-state index contributed by atoms with van der Waals surface area (Å²) in [5, 5.41) is 0. The molecule has 0 N–H and O–H groups in total. The van der Waals surface area contributed by atoms with E-state index in [0.717, 1.165) is 35.8 Å². The second-order valence-electron chi connectivity index (χ2n) is 11.2. The highest BCUT2D eigenvalue weighted by Crippen LogP contribution is 2.66. The lowest BCUT2D eigenvalue weighted by Gasteiger charge is -2.60. The highest BCUT2D eigenvalue weighted by Gasteiger charge is 2.60. The van der Waals surface area contributed by atoms with Crippen molar-refractivity contribution in [2.75, 3.05) is 7.11 Å². The van der Waals surface area contributed by atoms with Gasteiger partial charge in [0.15, 0.2) is 0 Å². The summed E-state index contributed by atoms with van der Waals surface area (Å²) in [6.45, 7) is 6.59. The molecule has 3 heteroatoms. The van der Waals surface area contributed by atoms with Crippen molar-refractivity contribution in [3.63, 3.8) is 0 Å². The summed E-state index contributed by atoms with van der Waals surface area (Å²) in [4.78, 5) is 11.7. The van der Waals surface area contributed by atoms with Crippen molar-refractivity contribution in [2.45, 2.75) is 78.2 Å². The molecule has 5 rings (SSSR count). The van der Waals surface area contributed by atoms with Gasteiger partial charge in [-0.25, -0.2) is 0 Å². The van der Waals surface area contributed by atoms with Crippen molar-refractivity contribution in [2.24, 2.45) is 34.5 Å². The number of hydrogen-bond acceptors (Lipinski definition) is 3. The molecule has 0 unspecified atom stereocenters. The predicted octanol–water partition coefficient (Wildman–Crippen LogP) is 6.66. The van der Waals surface area contributed by atoms with Gasteiger partial charge in [-0.05, 0) is 104 Å². The van der Waals surface area contributed by atoms with Crippen LogP contribution < -0.4 is 4.74 Å². The van der Waals surface area contributed by atoms with Gasteiger partial charge in [0.05, 0.1) is 7.11 Å². The Bertz CT molecular complexity index is 871. The second-order valence-corrected chi connectivity index (χ2v) is 11.2. The predicted molar refractivity (Wildman–Crippen MR) is 124 cm³/mol. The van der Waals surface area contributed by atoms with E-state index in [9.17, 15) is 4.79 Å². The largest absolute Gasteiger partial charge is 0.497 e. The third-order valence-electron chi connectivity index (χ3n) is 10.0. The van der Waals surface area contributed by atoms with Crippen LogP contribution in [0.25, 0.3) is 5.57 Å². The van der Waals surface area contributed by atoms with Crippen LogP contribution in [0, 0.1) is 34.5 Å². The summed E-state index contributed by atoms with van der Waals surface area (Å²) in [7, 11) is 1.73. The molecule has 0 aliphatic heterocycles. The van der Waals surface area contributed by atoms with Crippen molar-refractivity contribution < 1.29 is 14.3 Å². The van der Waals surface area contributed by atoms with Gasteiger partial charge in [0.25, 0.3) is 0 Å². The minimum atomic E-state index is -0.104. The molecule has 31 heavy (non-hydrogen) atoms. The van der Waals surface area contributed by atoms with E-state index < -0.39 is 0 Å². The first-order valence-electron chi connectivity index (χ1n) is 12.4. The van der Waals surface area contributed by atoms with Crippen molar-refractivity contribution in [3.05, 3.63) is 35.9 Å². The number of hydrogen-bond donors (Lipinski definition) is 0. The van der Waals surface area contributed by atoms with E-state index in [4.69, 9.17) is 9.47 Å². The maximum absolute atomic E-state index is 11.7. The lowest BCUT2D eigenvalue weighted by Crippen LogP contribution is -2.53. The molecule has 4 aliphatic carbocycles. The highest BCUT2D eigenvalue weighted by atomic mass is 16.5. The quantitative estimate of drug-likeness (QED) is 0.511. The molecule has 0 heterocycles. The molecular formula is C28H38O3. The van der Waals surface area contributed by atoms with E-state index in [1.165, 1.54) is 56.1 Å². The van der Waals surface area contributed by atoms with E-state index >= 15 is 0 Å². The first-order valence-corrected chi connectivity index (χ1v) is 12.4. The maximum Gasteiger partial charge on any atom is 0.302 e. The highest BCUT2D eigenvalue weighted by molar-refractivity contribution is 5.67. The lowest BCUT2D eigenvalue weighted by molar-refractivity contribution is -0.159. The molecule has 3 fully saturated rings. The van der Waals surface area contributed by atoms with Crippen LogP contribution in [-0.4, -0.2) is 19.2 Å². The van der Waals surface area contributed by atoms with Crippen LogP contribution in [0.1, 0.15) is 77.7 Å². The summed E-state index contributed by atoms with van der Waals surface area (Å²) in [5.41, 5.74) is 3.50. The fraction of sp³-hybridized carbons (Fsp3) is 0.679. The third kappa shape index (κ3) is 3.34. The number of allylic oxidation sites excluding steroid dienone is 2. The Labute approximate surface area is 187 Å². The molecule has 0 amide bonds. The summed E-state index contributed by atoms with van der Waals surface area (Å²) < 4.78 is 11.2. The SMILES string of the molecule is COc1ccc(C2=CC[C@@]3(C)[C@@H](CC[C@H]4[C@H]3CC[C@]3(C)[C@@H](OC(C)=O)CC[C@H]43)C2)cc1. The van der Waals surface area contributed by atoms with Crippen molar-refractivity contribution >= 4 is 11.5 Å². The number of methoxy groups -OCH3 is 1. The molecule has 0 bridgehead atoms. The molecule has 0 aromatic heterocycles. The van der Waals surface area contributed by atoms with Gasteiger partial charge in [-0.3, -0.25) is 4.79 Å². The molecular weight excluding hydrogens is 384 g/mol. The van der Waals surface area contributed by atoms with Gasteiger partial charge in [0.1, 0.15) is 11.9 Å². The van der Waals surface area contributed by atoms with Gasteiger partial charge < -0.3 is 9.47 Å². The summed E-state index contributed by atoms with van der Waals surface area (Å²) in [6, 6.07) is 8.61. The molecule has 3 nitrogen and oxygen atoms in total. The van der Waals surface area contributed by atoms with Gasteiger partial charge in [-0.1, -0.05) is 32.1 Å². The summed E-state index contributed by atoms with van der Waals surface area (Å²) >= 11 is 0. The number of benzene rings is 1. The molecule has 4 aliphatic rings. The number of carbonyl (C=O) groups excluding carboxylic acids is 1. The second kappa shape index (κ2) is 7.67. The fourth-order valence-corrected chi connectivity index (χ4v) is 8.27. The Hall–Kier alpha value is -1.77. The fourth-order valence-electron chi connectivity index (χ4n) is 8.27. The number of fused-ring (bicyclic) bond motifs is 5. The average molecular weight is 423 g/mol. The van der Waals surface area contributed by atoms with Crippen LogP contribution in [0.3, 0.4) is 0 Å². The molecule has 1 aromatic carbocycles. The van der Waals surface area contributed by atoms with Gasteiger partial charge >= 0.3 is 5.97 Å². The standard InChI is InChI=1S/C28H38O3/c1-18(29)31-26-12-11-24-23-10-7-21-17-20(19-5-8-22(30-4)9-6-19)13-15-27(21,2)25(23)14-16-28(24,26)3/h5-6,8-9,13,21,23-26H,7,10-12,14-17H2,1-4H3/t21-,23+,24+,25+,26-,27-,28-/m0/s1. The normalized spacial score (nSPS) is 41.4. The zero-order chi connectivity index (χ0) is 21.8. The summed E-state index contributed by atoms with van der Waals surface area (Å²) in [6.07, 6.45) is 12.6. The average Bonchev–Trinajstić information content (AvgIpc) is 3.09. The monoisotopic (exact) mass is 422 g/mol. The zero-order valence-corrected chi connectivity index (χ0v) is 19.7. The Morgan fingerprint density at radius 3 is 2.42 bits per heavy atom. The van der Waals surface area contributed by atoms with Crippen LogP contribution in [0.4, 0.5) is 0 Å². The number of esters is 1. The summed E-state index contributed by atoms with van der Waals surface area (Å²) in [5.74, 6) is 3.95. The van der Waals surface area contributed by atoms with Gasteiger partial charge in [-0.2, -0.15) is 0 Å². The van der Waals surface area contributed by atoms with Crippen molar-refractivity contribution in [3.8, 4) is 5.75 Å². The van der Waals surface area contributed by atoms with Crippen LogP contribution in [0.2, 0.25) is 0 Å². The van der Waals surface area contributed by atoms with Gasteiger partial charge in [0.2, 0.25) is 0 Å².